The predicted octanol–water partition coefficient (Wildman–Crippen LogP) is -1.75. The normalized spacial score (nSPS) is 9.33. The van der Waals surface area contributed by atoms with E-state index < -0.39 is 5.97 Å². The van der Waals surface area contributed by atoms with Crippen LogP contribution in [0.5, 0.6) is 0 Å². The van der Waals surface area contributed by atoms with Crippen LogP contribution >= 0.6 is 0 Å². The molecular weight excluding hydrogens is 572 g/mol. The second-order valence-corrected chi connectivity index (χ2v) is 8.47. The molecule has 43 heavy (non-hydrogen) atoms. The number of carboxylic acid groups (broad SMARTS) is 1. The summed E-state index contributed by atoms with van der Waals surface area (Å²) in [5.41, 5.74) is 0. The zero-order chi connectivity index (χ0) is 34.5. The number of hydrogen-bond donors (Lipinski definition) is 4. The minimum Gasteiger partial charge on any atom is -0.550 e. The topological polar surface area (TPSA) is 212 Å². The molecule has 0 unspecified atom stereocenters. The van der Waals surface area contributed by atoms with Crippen LogP contribution in [0.25, 0.3) is 0 Å². The first kappa shape index (κ1) is 49.8. The van der Waals surface area contributed by atoms with Crippen molar-refractivity contribution in [1.82, 2.24) is 21.3 Å². The number of carbonyl (C=O) groups is 5. The van der Waals surface area contributed by atoms with Gasteiger partial charge in [0.25, 0.3) is 0 Å². The Hall–Kier alpha value is -2.89. The smallest absolute Gasteiger partial charge is 0.331 e. The Morgan fingerprint density at radius 3 is 1.19 bits per heavy atom. The number of carboxylic acids is 1. The third-order valence-corrected chi connectivity index (χ3v) is 4.01. The van der Waals surface area contributed by atoms with Crippen molar-refractivity contribution in [3.8, 4) is 0 Å². The molecule has 258 valence electrons. The third kappa shape index (κ3) is 63.6. The van der Waals surface area contributed by atoms with E-state index in [-0.39, 0.29) is 69.4 Å². The highest BCUT2D eigenvalue weighted by molar-refractivity contribution is 5.80. The molecule has 0 rings (SSSR count). The van der Waals surface area contributed by atoms with Gasteiger partial charge in [0.1, 0.15) is 19.8 Å². The molecule has 0 aromatic rings. The number of hydrogen-bond acceptors (Lipinski definition) is 13. The van der Waals surface area contributed by atoms with E-state index in [1.807, 2.05) is 34.7 Å². The second kappa shape index (κ2) is 41.2. The fourth-order valence-electron chi connectivity index (χ4n) is 1.58. The molecule has 16 nitrogen and oxygen atoms in total. The number of methoxy groups -OCH3 is 6. The van der Waals surface area contributed by atoms with Crippen LogP contribution < -0.4 is 26.4 Å². The number of ether oxygens (including phenoxy) is 6. The molecule has 0 aromatic heterocycles. The molecule has 0 heterocycles. The Kier molecular flexibility index (Phi) is 47.7. The van der Waals surface area contributed by atoms with Crippen molar-refractivity contribution in [2.75, 3.05) is 95.7 Å². The fraction of sp³-hybridized carbons (Fsp3) is 0.815. The van der Waals surface area contributed by atoms with Gasteiger partial charge in [-0.05, 0) is 41.2 Å². The van der Waals surface area contributed by atoms with Gasteiger partial charge in [-0.15, -0.1) is 0 Å². The lowest BCUT2D eigenvalue weighted by molar-refractivity contribution is -0.305. The van der Waals surface area contributed by atoms with Gasteiger partial charge in [-0.2, -0.15) is 0 Å². The number of nitrogens with one attached hydrogen (secondary N) is 4. The fourth-order valence-corrected chi connectivity index (χ4v) is 1.58. The van der Waals surface area contributed by atoms with Gasteiger partial charge in [0.05, 0.1) is 19.3 Å². The highest BCUT2D eigenvalue weighted by atomic mass is 16.6. The maximum Gasteiger partial charge on any atom is 0.331 e. The summed E-state index contributed by atoms with van der Waals surface area (Å²) in [5, 5.41) is 20.5. The first-order valence-electron chi connectivity index (χ1n) is 13.5. The van der Waals surface area contributed by atoms with Gasteiger partial charge in [-0.25, -0.2) is 4.79 Å². The Morgan fingerprint density at radius 2 is 0.930 bits per heavy atom. The van der Waals surface area contributed by atoms with Crippen molar-refractivity contribution in [2.45, 2.75) is 52.7 Å². The molecule has 0 atom stereocenters. The Morgan fingerprint density at radius 1 is 0.581 bits per heavy atom. The van der Waals surface area contributed by atoms with Gasteiger partial charge in [0, 0.05) is 74.1 Å². The molecule has 0 aromatic carbocycles. The van der Waals surface area contributed by atoms with Gasteiger partial charge in [0.15, 0.2) is 0 Å². The van der Waals surface area contributed by atoms with Crippen molar-refractivity contribution >= 4 is 29.7 Å². The van der Waals surface area contributed by atoms with E-state index in [0.717, 1.165) is 6.54 Å². The molecule has 0 bridgehead atoms. The van der Waals surface area contributed by atoms with Crippen LogP contribution in [0.2, 0.25) is 0 Å². The zero-order valence-corrected chi connectivity index (χ0v) is 27.9. The number of likely N-dealkylation sites (N-methyl/N-ethyl adjacent to an activating group) is 1. The standard InChI is InChI=1S/C9H16N2O5.C6H14N2O2.C4H8O3.2C4H10O/c1-16-6-8(13)11-5-4-10-7(12)2-3-9(14)15;1-7-3-4-8-6(9)5-10-2;1-6-3-4(5)7-2;2*1-4(2)5-3/h2-6H2,1H3,(H,10,12)(H,11,13)(H,14,15);7H,3-5H2,1-2H3,(H,8,9);3H2,1-2H3;2*4H,1-3H3/p-1. The Balaban J connectivity index is -0.000000153. The van der Waals surface area contributed by atoms with Crippen LogP contribution in [0.15, 0.2) is 0 Å². The van der Waals surface area contributed by atoms with Gasteiger partial charge < -0.3 is 59.6 Å². The van der Waals surface area contributed by atoms with Crippen molar-refractivity contribution < 1.29 is 57.5 Å². The largest absolute Gasteiger partial charge is 0.550 e. The highest BCUT2D eigenvalue weighted by Crippen LogP contribution is 1.85. The molecule has 16 heteroatoms. The monoisotopic (exact) mass is 629 g/mol. The number of amides is 3. The summed E-state index contributed by atoms with van der Waals surface area (Å²) >= 11 is 0. The highest BCUT2D eigenvalue weighted by Gasteiger charge is 2.02. The summed E-state index contributed by atoms with van der Waals surface area (Å²) in [7, 11) is 10.9. The van der Waals surface area contributed by atoms with Gasteiger partial charge >= 0.3 is 5.97 Å². The summed E-state index contributed by atoms with van der Waals surface area (Å²) in [5.74, 6) is -2.33. The predicted molar refractivity (Wildman–Crippen MR) is 159 cm³/mol. The van der Waals surface area contributed by atoms with E-state index in [1.165, 1.54) is 28.4 Å². The molecule has 0 aliphatic rings. The first-order valence-corrected chi connectivity index (χ1v) is 13.5. The molecule has 0 saturated carbocycles. The molecule has 0 fully saturated rings. The second-order valence-electron chi connectivity index (χ2n) is 8.47. The van der Waals surface area contributed by atoms with E-state index in [1.54, 1.807) is 14.2 Å². The summed E-state index contributed by atoms with van der Waals surface area (Å²) in [6.07, 6.45) is 0.348. The summed E-state index contributed by atoms with van der Waals surface area (Å²) in [4.78, 5) is 52.6. The van der Waals surface area contributed by atoms with Gasteiger partial charge in [-0.3, -0.25) is 14.4 Å². The van der Waals surface area contributed by atoms with Crippen molar-refractivity contribution in [3.05, 3.63) is 0 Å². The molecule has 4 N–H and O–H groups in total. The molecule has 3 amide bonds. The SMILES string of the molecule is CNCCNC(=O)COC.COC(C)C.COC(C)C.COCC(=O)NCCNC(=O)CCC(=O)[O-].COCC(=O)OC. The summed E-state index contributed by atoms with van der Waals surface area (Å²) < 4.78 is 27.3. The van der Waals surface area contributed by atoms with E-state index in [2.05, 4.69) is 40.2 Å². The van der Waals surface area contributed by atoms with E-state index in [4.69, 9.17) is 9.47 Å². The van der Waals surface area contributed by atoms with E-state index in [0.29, 0.717) is 18.8 Å². The Labute approximate surface area is 257 Å². The average Bonchev–Trinajstić information content (AvgIpc) is 2.96. The van der Waals surface area contributed by atoms with Crippen molar-refractivity contribution in [3.63, 3.8) is 0 Å². The molecule has 0 radical (unpaired) electrons. The number of esters is 1. The van der Waals surface area contributed by atoms with Crippen molar-refractivity contribution in [1.29, 1.82) is 0 Å². The van der Waals surface area contributed by atoms with Crippen LogP contribution in [-0.2, 0) is 52.4 Å². The van der Waals surface area contributed by atoms with Gasteiger partial charge in [-0.1, -0.05) is 0 Å². The van der Waals surface area contributed by atoms with Gasteiger partial charge in [0.2, 0.25) is 17.7 Å². The summed E-state index contributed by atoms with van der Waals surface area (Å²) in [6.45, 7) is 10.1. The molecular formula is C27H57N4O12-. The zero-order valence-electron chi connectivity index (χ0n) is 27.9. The van der Waals surface area contributed by atoms with Crippen LogP contribution in [0, 0.1) is 0 Å². The molecule has 0 aliphatic carbocycles. The minimum atomic E-state index is -1.26. The number of aliphatic carboxylic acids is 1. The lowest BCUT2D eigenvalue weighted by Gasteiger charge is -2.06. The quantitative estimate of drug-likeness (QED) is 0.104. The maximum absolute atomic E-state index is 11.0. The lowest BCUT2D eigenvalue weighted by Crippen LogP contribution is -2.36. The van der Waals surface area contributed by atoms with Crippen LogP contribution in [0.3, 0.4) is 0 Å². The van der Waals surface area contributed by atoms with E-state index >= 15 is 0 Å². The maximum atomic E-state index is 11.0. The number of rotatable bonds is 17. The summed E-state index contributed by atoms with van der Waals surface area (Å²) in [6, 6.07) is 0. The molecule has 0 saturated heterocycles. The van der Waals surface area contributed by atoms with Crippen LogP contribution in [0.4, 0.5) is 0 Å². The average molecular weight is 630 g/mol. The van der Waals surface area contributed by atoms with E-state index in [9.17, 15) is 29.1 Å². The first-order chi connectivity index (χ1) is 20.2. The van der Waals surface area contributed by atoms with Crippen LogP contribution in [0.1, 0.15) is 40.5 Å². The molecule has 0 spiro atoms. The minimum absolute atomic E-state index is 0.0291. The third-order valence-electron chi connectivity index (χ3n) is 4.01. The number of carbonyl (C=O) groups excluding carboxylic acids is 5. The van der Waals surface area contributed by atoms with Crippen molar-refractivity contribution in [2.24, 2.45) is 0 Å². The Bertz CT molecular complexity index is 658. The van der Waals surface area contributed by atoms with Crippen LogP contribution in [-0.4, -0.2) is 138 Å². The lowest BCUT2D eigenvalue weighted by atomic mass is 10.3. The molecule has 0 aliphatic heterocycles.